The molecule has 0 radical (unpaired) electrons. The summed E-state index contributed by atoms with van der Waals surface area (Å²) in [5.74, 6) is -0.0751. The lowest BCUT2D eigenvalue weighted by Gasteiger charge is -2.28. The first-order valence-electron chi connectivity index (χ1n) is 6.52. The highest BCUT2D eigenvalue weighted by Crippen LogP contribution is 2.27. The Kier molecular flexibility index (Phi) is 5.47. The van der Waals surface area contributed by atoms with Gasteiger partial charge in [0.1, 0.15) is 0 Å². The molecule has 5 nitrogen and oxygen atoms in total. The molecular weight excluding hydrogens is 260 g/mol. The Balaban J connectivity index is 2.56. The highest BCUT2D eigenvalue weighted by molar-refractivity contribution is 7.80. The van der Waals surface area contributed by atoms with E-state index < -0.39 is 5.41 Å². The maximum atomic E-state index is 12.3. The van der Waals surface area contributed by atoms with Crippen LogP contribution in [0.2, 0.25) is 0 Å². The fraction of sp³-hybridized carbons (Fsp3) is 0.615. The minimum absolute atomic E-state index is 0.0751. The lowest BCUT2D eigenvalue weighted by atomic mass is 9.81. The molecule has 1 aromatic rings. The quantitative estimate of drug-likeness (QED) is 0.736. The van der Waals surface area contributed by atoms with E-state index in [0.717, 1.165) is 12.0 Å². The predicted molar refractivity (Wildman–Crippen MR) is 79.7 cm³/mol. The standard InChI is InChI=1S/C13H22N4OS/c1-4-13(5-2,11(14)19)12(18)15-7-6-10-8-16-17(3)9-10/h8-9H,4-7H2,1-3H3,(H2,14,19)(H,15,18). The van der Waals surface area contributed by atoms with E-state index in [9.17, 15) is 4.79 Å². The van der Waals surface area contributed by atoms with Crippen LogP contribution in [0.15, 0.2) is 12.4 Å². The molecule has 0 aliphatic heterocycles. The zero-order valence-electron chi connectivity index (χ0n) is 11.8. The number of amides is 1. The minimum atomic E-state index is -0.718. The van der Waals surface area contributed by atoms with Gasteiger partial charge >= 0.3 is 0 Å². The van der Waals surface area contributed by atoms with E-state index in [0.29, 0.717) is 19.4 Å². The second kappa shape index (κ2) is 6.65. The largest absolute Gasteiger partial charge is 0.392 e. The molecular formula is C13H22N4OS. The van der Waals surface area contributed by atoms with Gasteiger partial charge in [-0.25, -0.2) is 0 Å². The van der Waals surface area contributed by atoms with E-state index in [1.807, 2.05) is 27.1 Å². The van der Waals surface area contributed by atoms with Crippen molar-refractivity contribution in [2.45, 2.75) is 33.1 Å². The lowest BCUT2D eigenvalue weighted by Crippen LogP contribution is -2.48. The molecule has 0 atom stereocenters. The summed E-state index contributed by atoms with van der Waals surface area (Å²) in [7, 11) is 1.87. The van der Waals surface area contributed by atoms with Gasteiger partial charge in [-0.3, -0.25) is 9.48 Å². The number of hydrogen-bond acceptors (Lipinski definition) is 3. The van der Waals surface area contributed by atoms with Gasteiger partial charge < -0.3 is 11.1 Å². The van der Waals surface area contributed by atoms with Crippen molar-refractivity contribution < 1.29 is 4.79 Å². The van der Waals surface area contributed by atoms with Crippen LogP contribution < -0.4 is 11.1 Å². The molecule has 19 heavy (non-hydrogen) atoms. The van der Waals surface area contributed by atoms with Crippen LogP contribution in [0.4, 0.5) is 0 Å². The first-order chi connectivity index (χ1) is 8.96. The van der Waals surface area contributed by atoms with Crippen molar-refractivity contribution in [3.05, 3.63) is 18.0 Å². The molecule has 0 aromatic carbocycles. The maximum Gasteiger partial charge on any atom is 0.233 e. The van der Waals surface area contributed by atoms with Crippen molar-refractivity contribution >= 4 is 23.1 Å². The summed E-state index contributed by atoms with van der Waals surface area (Å²) in [5.41, 5.74) is 6.11. The van der Waals surface area contributed by atoms with Crippen LogP contribution in [0.5, 0.6) is 0 Å². The second-order valence-electron chi connectivity index (χ2n) is 4.68. The van der Waals surface area contributed by atoms with Gasteiger partial charge in [0.15, 0.2) is 0 Å². The first kappa shape index (κ1) is 15.6. The summed E-state index contributed by atoms with van der Waals surface area (Å²) in [6.45, 7) is 4.43. The fourth-order valence-electron chi connectivity index (χ4n) is 2.12. The van der Waals surface area contributed by atoms with Gasteiger partial charge in [-0.05, 0) is 24.8 Å². The molecule has 0 saturated heterocycles. The smallest absolute Gasteiger partial charge is 0.233 e. The average Bonchev–Trinajstić information content (AvgIpc) is 2.77. The third-order valence-corrected chi connectivity index (χ3v) is 3.96. The molecule has 1 heterocycles. The lowest BCUT2D eigenvalue weighted by molar-refractivity contribution is -0.127. The zero-order chi connectivity index (χ0) is 14.5. The Morgan fingerprint density at radius 3 is 2.58 bits per heavy atom. The fourth-order valence-corrected chi connectivity index (χ4v) is 2.50. The van der Waals surface area contributed by atoms with Crippen LogP contribution in [0.1, 0.15) is 32.3 Å². The monoisotopic (exact) mass is 282 g/mol. The summed E-state index contributed by atoms with van der Waals surface area (Å²) in [5, 5.41) is 7.01. The average molecular weight is 282 g/mol. The number of aryl methyl sites for hydroxylation is 1. The second-order valence-corrected chi connectivity index (χ2v) is 5.12. The first-order valence-corrected chi connectivity index (χ1v) is 6.92. The molecule has 1 amide bonds. The minimum Gasteiger partial charge on any atom is -0.392 e. The van der Waals surface area contributed by atoms with Crippen LogP contribution in [0, 0.1) is 5.41 Å². The molecule has 0 aliphatic carbocycles. The number of carbonyl (C=O) groups is 1. The van der Waals surface area contributed by atoms with Crippen LogP contribution in [-0.4, -0.2) is 27.2 Å². The molecule has 0 aliphatic rings. The molecule has 1 aromatic heterocycles. The molecule has 1 rings (SSSR count). The number of thiocarbonyl (C=S) groups is 1. The van der Waals surface area contributed by atoms with Crippen LogP contribution in [0.3, 0.4) is 0 Å². The number of nitrogens with one attached hydrogen (secondary N) is 1. The Morgan fingerprint density at radius 1 is 1.53 bits per heavy atom. The number of aromatic nitrogens is 2. The number of carbonyl (C=O) groups excluding carboxylic acids is 1. The van der Waals surface area contributed by atoms with Gasteiger partial charge in [-0.2, -0.15) is 5.10 Å². The van der Waals surface area contributed by atoms with Gasteiger partial charge in [0, 0.05) is 19.8 Å². The van der Waals surface area contributed by atoms with Gasteiger partial charge in [0.05, 0.1) is 16.6 Å². The molecule has 0 spiro atoms. The van der Waals surface area contributed by atoms with Gasteiger partial charge in [-0.1, -0.05) is 26.1 Å². The Bertz CT molecular complexity index is 451. The summed E-state index contributed by atoms with van der Waals surface area (Å²) in [6, 6.07) is 0. The molecule has 0 bridgehead atoms. The summed E-state index contributed by atoms with van der Waals surface area (Å²) >= 11 is 5.05. The third-order valence-electron chi connectivity index (χ3n) is 3.57. The van der Waals surface area contributed by atoms with E-state index in [4.69, 9.17) is 18.0 Å². The number of hydrogen-bond donors (Lipinski definition) is 2. The number of nitrogens with zero attached hydrogens (tertiary/aromatic N) is 2. The van der Waals surface area contributed by atoms with Crippen molar-refractivity contribution in [2.24, 2.45) is 18.2 Å². The van der Waals surface area contributed by atoms with E-state index in [1.165, 1.54) is 0 Å². The molecule has 6 heteroatoms. The molecule has 0 unspecified atom stereocenters. The van der Waals surface area contributed by atoms with Crippen LogP contribution in [0.25, 0.3) is 0 Å². The highest BCUT2D eigenvalue weighted by atomic mass is 32.1. The van der Waals surface area contributed by atoms with E-state index in [2.05, 4.69) is 10.4 Å². The topological polar surface area (TPSA) is 72.9 Å². The van der Waals surface area contributed by atoms with Gasteiger partial charge in [0.2, 0.25) is 5.91 Å². The highest BCUT2D eigenvalue weighted by Gasteiger charge is 2.37. The number of rotatable bonds is 7. The summed E-state index contributed by atoms with van der Waals surface area (Å²) in [6.07, 6.45) is 5.73. The number of nitrogens with two attached hydrogens (primary N) is 1. The molecule has 0 fully saturated rings. The van der Waals surface area contributed by atoms with Crippen molar-refractivity contribution in [1.82, 2.24) is 15.1 Å². The zero-order valence-corrected chi connectivity index (χ0v) is 12.6. The van der Waals surface area contributed by atoms with Crippen LogP contribution >= 0.6 is 12.2 Å². The third kappa shape index (κ3) is 3.53. The Morgan fingerprint density at radius 2 is 2.16 bits per heavy atom. The summed E-state index contributed by atoms with van der Waals surface area (Å²) in [4.78, 5) is 12.5. The summed E-state index contributed by atoms with van der Waals surface area (Å²) < 4.78 is 1.74. The van der Waals surface area contributed by atoms with Crippen molar-refractivity contribution in [1.29, 1.82) is 0 Å². The van der Waals surface area contributed by atoms with E-state index in [-0.39, 0.29) is 10.9 Å². The molecule has 0 saturated carbocycles. The van der Waals surface area contributed by atoms with Crippen molar-refractivity contribution in [3.63, 3.8) is 0 Å². The Labute approximate surface area is 119 Å². The van der Waals surface area contributed by atoms with Crippen LogP contribution in [-0.2, 0) is 18.3 Å². The maximum absolute atomic E-state index is 12.3. The van der Waals surface area contributed by atoms with Gasteiger partial charge in [0.25, 0.3) is 0 Å². The normalized spacial score (nSPS) is 11.3. The molecule has 106 valence electrons. The SMILES string of the molecule is CCC(CC)(C(=O)NCCc1cnn(C)c1)C(N)=S. The predicted octanol–water partition coefficient (Wildman–Crippen LogP) is 1.17. The van der Waals surface area contributed by atoms with Gasteiger partial charge in [-0.15, -0.1) is 0 Å². The molecule has 3 N–H and O–H groups in total. The van der Waals surface area contributed by atoms with E-state index in [1.54, 1.807) is 10.9 Å². The van der Waals surface area contributed by atoms with Crippen molar-refractivity contribution in [2.75, 3.05) is 6.54 Å². The Hall–Kier alpha value is -1.43. The van der Waals surface area contributed by atoms with E-state index >= 15 is 0 Å². The van der Waals surface area contributed by atoms with Crippen molar-refractivity contribution in [3.8, 4) is 0 Å².